The quantitative estimate of drug-likeness (QED) is 0.356. The number of carbonyl (C=O) groups is 2. The lowest BCUT2D eigenvalue weighted by atomic mass is 10.5. The first-order chi connectivity index (χ1) is 3.63. The van der Waals surface area contributed by atoms with Gasteiger partial charge in [-0.1, -0.05) is 0 Å². The molecule has 6 heteroatoms. The minimum absolute atomic E-state index is 0. The molecule has 0 fully saturated rings. The highest BCUT2D eigenvalue weighted by molar-refractivity contribution is 5.89. The van der Waals surface area contributed by atoms with Crippen LogP contribution < -0.4 is 0 Å². The fourth-order valence-corrected chi connectivity index (χ4v) is 0.143. The summed E-state index contributed by atoms with van der Waals surface area (Å²) in [4.78, 5) is 19.1. The molecule has 0 aromatic heterocycles. The van der Waals surface area contributed by atoms with Crippen molar-refractivity contribution in [2.75, 3.05) is 0 Å². The molecule has 0 amide bonds. The van der Waals surface area contributed by atoms with Gasteiger partial charge in [-0.15, -0.1) is 0 Å². The summed E-state index contributed by atoms with van der Waals surface area (Å²) in [7, 11) is 0. The molecule has 0 aromatic rings. The highest BCUT2D eigenvalue weighted by Gasteiger charge is 1.88. The molecule has 0 unspecified atom stereocenters. The molecule has 0 atom stereocenters. The van der Waals surface area contributed by atoms with Crippen molar-refractivity contribution in [2.45, 2.75) is 0 Å². The van der Waals surface area contributed by atoms with Crippen LogP contribution in [0.2, 0.25) is 0 Å². The Morgan fingerprint density at radius 1 is 0.900 bits per heavy atom. The fraction of sp³-hybridized carbons (Fsp3) is 0. The Morgan fingerprint density at radius 2 is 1.10 bits per heavy atom. The zero-order chi connectivity index (χ0) is 6.57. The largest absolute Gasteiger partial charge is 0.478 e. The van der Waals surface area contributed by atoms with Crippen LogP contribution in [0, 0.1) is 0 Å². The third kappa shape index (κ3) is 15.6. The van der Waals surface area contributed by atoms with Gasteiger partial charge in [-0.2, -0.15) is 0 Å². The lowest BCUT2D eigenvalue weighted by molar-refractivity contribution is -0.134. The lowest BCUT2D eigenvalue weighted by Crippen LogP contribution is -1.91. The van der Waals surface area contributed by atoms with E-state index in [0.29, 0.717) is 12.2 Å². The average molecular weight is 176 g/mol. The summed E-state index contributed by atoms with van der Waals surface area (Å²) in [6.45, 7) is 0. The predicted octanol–water partition coefficient (Wildman–Crippen LogP) is -2.66. The number of hydrogen-bond acceptors (Lipinski definition) is 2. The van der Waals surface area contributed by atoms with Crippen LogP contribution in [0.3, 0.4) is 0 Å². The minimum Gasteiger partial charge on any atom is -0.478 e. The maximum absolute atomic E-state index is 9.55. The fourth-order valence-electron chi connectivity index (χ4n) is 0.143. The van der Waals surface area contributed by atoms with Crippen LogP contribution in [-0.4, -0.2) is 56.9 Å². The molecule has 0 saturated heterocycles. The van der Waals surface area contributed by atoms with E-state index in [9.17, 15) is 9.59 Å². The van der Waals surface area contributed by atoms with Gasteiger partial charge in [0.25, 0.3) is 0 Å². The van der Waals surface area contributed by atoms with E-state index in [1.807, 2.05) is 0 Å². The topological polar surface area (TPSA) is 74.6 Å². The van der Waals surface area contributed by atoms with Gasteiger partial charge in [0, 0.05) is 12.2 Å². The average Bonchev–Trinajstić information content (AvgIpc) is 1.61. The molecule has 0 aliphatic rings. The number of carboxylic acids is 2. The van der Waals surface area contributed by atoms with Crippen molar-refractivity contribution in [3.8, 4) is 0 Å². The second-order valence-electron chi connectivity index (χ2n) is 1.01. The number of carboxylic acid groups (broad SMARTS) is 2. The Labute approximate surface area is 78.8 Å². The molecule has 10 heavy (non-hydrogen) atoms. The van der Waals surface area contributed by atoms with Crippen LogP contribution in [0.15, 0.2) is 12.2 Å². The van der Waals surface area contributed by atoms with Crippen LogP contribution in [0.5, 0.6) is 0 Å². The lowest BCUT2D eigenvalue weighted by Gasteiger charge is -1.74. The van der Waals surface area contributed by atoms with Crippen LogP contribution in [0.25, 0.3) is 0 Å². The van der Waals surface area contributed by atoms with E-state index in [1.165, 1.54) is 0 Å². The molecule has 0 rings (SSSR count). The Bertz CT molecular complexity index is 126. The molecule has 0 aliphatic heterocycles. The molecule has 0 spiro atoms. The summed E-state index contributed by atoms with van der Waals surface area (Å²) in [6.07, 6.45) is 1.12. The first kappa shape index (κ1) is 16.4. The summed E-state index contributed by atoms with van der Waals surface area (Å²) in [6, 6.07) is 0. The molecule has 0 aromatic carbocycles. The Hall–Kier alpha value is -0.255. The van der Waals surface area contributed by atoms with Crippen molar-refractivity contribution in [2.24, 2.45) is 0 Å². The highest BCUT2D eigenvalue weighted by atomic mass is 27.0. The third-order valence-electron chi connectivity index (χ3n) is 0.368. The SMILES string of the molecule is O=C(O)/C=C/C(=O)O.[AlH3].[AlH3]. The second-order valence-corrected chi connectivity index (χ2v) is 1.01. The molecule has 0 radical (unpaired) electrons. The van der Waals surface area contributed by atoms with E-state index in [1.54, 1.807) is 0 Å². The first-order valence-electron chi connectivity index (χ1n) is 1.77. The normalized spacial score (nSPS) is 7.60. The van der Waals surface area contributed by atoms with Gasteiger partial charge < -0.3 is 10.2 Å². The number of hydrogen-bond donors (Lipinski definition) is 2. The zero-order valence-corrected chi connectivity index (χ0v) is 3.87. The van der Waals surface area contributed by atoms with E-state index in [4.69, 9.17) is 10.2 Å². The van der Waals surface area contributed by atoms with Gasteiger partial charge in [-0.05, 0) is 0 Å². The molecule has 0 heterocycles. The monoisotopic (exact) mass is 176 g/mol. The Morgan fingerprint density at radius 3 is 1.20 bits per heavy atom. The highest BCUT2D eigenvalue weighted by Crippen LogP contribution is 1.70. The third-order valence-corrected chi connectivity index (χ3v) is 0.368. The van der Waals surface area contributed by atoms with Crippen molar-refractivity contribution >= 4 is 46.7 Å². The van der Waals surface area contributed by atoms with Gasteiger partial charge in [0.1, 0.15) is 0 Å². The molecule has 0 bridgehead atoms. The molecular formula is C4H10Al2O4. The van der Waals surface area contributed by atoms with Crippen LogP contribution in [0.4, 0.5) is 0 Å². The van der Waals surface area contributed by atoms with Gasteiger partial charge in [0.15, 0.2) is 34.7 Å². The van der Waals surface area contributed by atoms with Crippen molar-refractivity contribution in [1.82, 2.24) is 0 Å². The van der Waals surface area contributed by atoms with Crippen LogP contribution in [0.1, 0.15) is 0 Å². The predicted molar refractivity (Wildman–Crippen MR) is 44.3 cm³/mol. The van der Waals surface area contributed by atoms with Gasteiger partial charge in [-0.3, -0.25) is 0 Å². The van der Waals surface area contributed by atoms with Crippen molar-refractivity contribution < 1.29 is 19.8 Å². The maximum Gasteiger partial charge on any atom is 0.328 e. The van der Waals surface area contributed by atoms with E-state index in [0.717, 1.165) is 0 Å². The molecule has 0 saturated carbocycles. The summed E-state index contributed by atoms with van der Waals surface area (Å²) in [5.74, 6) is -2.51. The summed E-state index contributed by atoms with van der Waals surface area (Å²) < 4.78 is 0. The summed E-state index contributed by atoms with van der Waals surface area (Å²) >= 11 is 0. The van der Waals surface area contributed by atoms with Crippen LogP contribution >= 0.6 is 0 Å². The zero-order valence-electron chi connectivity index (χ0n) is 3.87. The molecule has 2 N–H and O–H groups in total. The molecule has 0 aliphatic carbocycles. The standard InChI is InChI=1S/C4H4O4.2Al.6H/c5-3(6)1-2-4(7)8;;;;;;;;/h1-2H,(H,5,6)(H,7,8);;;;;;;;/b2-1+;;;;;;;;. The van der Waals surface area contributed by atoms with Gasteiger partial charge in [0.2, 0.25) is 0 Å². The van der Waals surface area contributed by atoms with E-state index in [2.05, 4.69) is 0 Å². The second kappa shape index (κ2) is 8.74. The van der Waals surface area contributed by atoms with E-state index >= 15 is 0 Å². The maximum atomic E-state index is 9.55. The van der Waals surface area contributed by atoms with E-state index < -0.39 is 11.9 Å². The van der Waals surface area contributed by atoms with E-state index in [-0.39, 0.29) is 34.7 Å². The molecular weight excluding hydrogens is 166 g/mol. The van der Waals surface area contributed by atoms with Crippen molar-refractivity contribution in [1.29, 1.82) is 0 Å². The number of rotatable bonds is 2. The molecule has 56 valence electrons. The smallest absolute Gasteiger partial charge is 0.328 e. The van der Waals surface area contributed by atoms with Crippen molar-refractivity contribution in [3.63, 3.8) is 0 Å². The Kier molecular flexibility index (Phi) is 14.3. The van der Waals surface area contributed by atoms with Crippen molar-refractivity contribution in [3.05, 3.63) is 12.2 Å². The minimum atomic E-state index is -1.26. The van der Waals surface area contributed by atoms with Gasteiger partial charge in [-0.25, -0.2) is 9.59 Å². The van der Waals surface area contributed by atoms with Crippen LogP contribution in [-0.2, 0) is 9.59 Å². The summed E-state index contributed by atoms with van der Waals surface area (Å²) in [5.41, 5.74) is 0. The summed E-state index contributed by atoms with van der Waals surface area (Å²) in [5, 5.41) is 15.6. The van der Waals surface area contributed by atoms with Gasteiger partial charge >= 0.3 is 11.9 Å². The Balaban J connectivity index is -0.000000245. The first-order valence-corrected chi connectivity index (χ1v) is 1.77. The van der Waals surface area contributed by atoms with Gasteiger partial charge in [0.05, 0.1) is 0 Å². The number of aliphatic carboxylic acids is 2. The molecule has 4 nitrogen and oxygen atoms in total.